The molecule has 5 heteroatoms. The van der Waals surface area contributed by atoms with Crippen molar-refractivity contribution in [1.82, 2.24) is 5.32 Å². The Morgan fingerprint density at radius 3 is 2.33 bits per heavy atom. The lowest BCUT2D eigenvalue weighted by atomic mass is 10.1. The standard InChI is InChI=1S/C16H16N2O3/c1-11(19)18-13-8-6-12(7-9-13)10-17-16(21)14-4-2-3-5-15(14)20/h2-9,20H,10H2,1H3,(H,17,21)(H,18,19). The van der Waals surface area contributed by atoms with E-state index in [1.165, 1.54) is 13.0 Å². The van der Waals surface area contributed by atoms with Crippen molar-refractivity contribution in [1.29, 1.82) is 0 Å². The lowest BCUT2D eigenvalue weighted by Gasteiger charge is -2.08. The zero-order valence-corrected chi connectivity index (χ0v) is 11.6. The van der Waals surface area contributed by atoms with Crippen molar-refractivity contribution >= 4 is 17.5 Å². The molecule has 0 saturated carbocycles. The number of benzene rings is 2. The van der Waals surface area contributed by atoms with E-state index >= 15 is 0 Å². The Labute approximate surface area is 122 Å². The van der Waals surface area contributed by atoms with E-state index in [9.17, 15) is 14.7 Å². The van der Waals surface area contributed by atoms with Crippen LogP contribution in [0.5, 0.6) is 5.75 Å². The summed E-state index contributed by atoms with van der Waals surface area (Å²) >= 11 is 0. The second-order valence-electron chi connectivity index (χ2n) is 4.58. The monoisotopic (exact) mass is 284 g/mol. The van der Waals surface area contributed by atoms with E-state index < -0.39 is 0 Å². The number of hydrogen-bond donors (Lipinski definition) is 3. The first-order valence-corrected chi connectivity index (χ1v) is 6.49. The lowest BCUT2D eigenvalue weighted by molar-refractivity contribution is -0.114. The molecule has 0 radical (unpaired) electrons. The molecule has 0 unspecified atom stereocenters. The van der Waals surface area contributed by atoms with E-state index in [0.29, 0.717) is 12.2 Å². The molecule has 108 valence electrons. The Morgan fingerprint density at radius 2 is 1.71 bits per heavy atom. The predicted octanol–water partition coefficient (Wildman–Crippen LogP) is 2.28. The van der Waals surface area contributed by atoms with Gasteiger partial charge in [-0.05, 0) is 29.8 Å². The Balaban J connectivity index is 1.95. The number of nitrogens with one attached hydrogen (secondary N) is 2. The van der Waals surface area contributed by atoms with Crippen LogP contribution in [0.2, 0.25) is 0 Å². The van der Waals surface area contributed by atoms with E-state index in [1.807, 2.05) is 12.1 Å². The summed E-state index contributed by atoms with van der Waals surface area (Å²) in [6.07, 6.45) is 0. The van der Waals surface area contributed by atoms with E-state index in [0.717, 1.165) is 5.56 Å². The zero-order chi connectivity index (χ0) is 15.2. The minimum atomic E-state index is -0.334. The highest BCUT2D eigenvalue weighted by atomic mass is 16.3. The molecule has 2 aromatic carbocycles. The van der Waals surface area contributed by atoms with Gasteiger partial charge in [-0.15, -0.1) is 0 Å². The molecule has 0 heterocycles. The fourth-order valence-corrected chi connectivity index (χ4v) is 1.85. The Kier molecular flexibility index (Phi) is 4.56. The predicted molar refractivity (Wildman–Crippen MR) is 80.0 cm³/mol. The van der Waals surface area contributed by atoms with Crippen molar-refractivity contribution in [2.75, 3.05) is 5.32 Å². The van der Waals surface area contributed by atoms with Gasteiger partial charge in [-0.25, -0.2) is 0 Å². The molecule has 2 rings (SSSR count). The van der Waals surface area contributed by atoms with Crippen molar-refractivity contribution in [2.45, 2.75) is 13.5 Å². The fourth-order valence-electron chi connectivity index (χ4n) is 1.85. The second kappa shape index (κ2) is 6.56. The van der Waals surface area contributed by atoms with E-state index in [2.05, 4.69) is 10.6 Å². The van der Waals surface area contributed by atoms with Gasteiger partial charge in [0, 0.05) is 19.2 Å². The lowest BCUT2D eigenvalue weighted by Crippen LogP contribution is -2.22. The number of phenols is 1. The maximum absolute atomic E-state index is 11.9. The van der Waals surface area contributed by atoms with Crippen LogP contribution >= 0.6 is 0 Å². The van der Waals surface area contributed by atoms with Gasteiger partial charge >= 0.3 is 0 Å². The largest absolute Gasteiger partial charge is 0.507 e. The summed E-state index contributed by atoms with van der Waals surface area (Å²) in [6, 6.07) is 13.5. The van der Waals surface area contributed by atoms with E-state index in [4.69, 9.17) is 0 Å². The van der Waals surface area contributed by atoms with Gasteiger partial charge in [-0.1, -0.05) is 24.3 Å². The number of carbonyl (C=O) groups is 2. The summed E-state index contributed by atoms with van der Waals surface area (Å²) in [5, 5.41) is 15.0. The van der Waals surface area contributed by atoms with Gasteiger partial charge in [-0.3, -0.25) is 9.59 Å². The minimum absolute atomic E-state index is 0.0454. The molecule has 0 aliphatic carbocycles. The molecule has 2 aromatic rings. The molecule has 5 nitrogen and oxygen atoms in total. The number of carbonyl (C=O) groups excluding carboxylic acids is 2. The second-order valence-corrected chi connectivity index (χ2v) is 4.58. The molecule has 0 aliphatic rings. The van der Waals surface area contributed by atoms with Crippen LogP contribution in [0, 0.1) is 0 Å². The molecule has 0 spiro atoms. The van der Waals surface area contributed by atoms with Crippen LogP contribution in [0.3, 0.4) is 0 Å². The number of para-hydroxylation sites is 1. The first-order chi connectivity index (χ1) is 10.1. The third-order valence-corrected chi connectivity index (χ3v) is 2.88. The molecule has 0 bridgehead atoms. The van der Waals surface area contributed by atoms with Crippen LogP contribution in [-0.4, -0.2) is 16.9 Å². The van der Waals surface area contributed by atoms with Crippen LogP contribution in [0.15, 0.2) is 48.5 Å². The molecular weight excluding hydrogens is 268 g/mol. The summed E-state index contributed by atoms with van der Waals surface area (Å²) < 4.78 is 0. The SMILES string of the molecule is CC(=O)Nc1ccc(CNC(=O)c2ccccc2O)cc1. The van der Waals surface area contributed by atoms with Crippen molar-refractivity contribution in [3.63, 3.8) is 0 Å². The molecule has 21 heavy (non-hydrogen) atoms. The number of phenolic OH excluding ortho intramolecular Hbond substituents is 1. The van der Waals surface area contributed by atoms with Gasteiger partial charge in [0.1, 0.15) is 5.75 Å². The zero-order valence-electron chi connectivity index (χ0n) is 11.6. The third kappa shape index (κ3) is 4.07. The number of hydrogen-bond acceptors (Lipinski definition) is 3. The summed E-state index contributed by atoms with van der Waals surface area (Å²) in [7, 11) is 0. The molecular formula is C16H16N2O3. The molecule has 0 aromatic heterocycles. The molecule has 0 atom stereocenters. The van der Waals surface area contributed by atoms with Crippen molar-refractivity contribution in [3.8, 4) is 5.75 Å². The maximum Gasteiger partial charge on any atom is 0.255 e. The van der Waals surface area contributed by atoms with E-state index in [1.54, 1.807) is 30.3 Å². The van der Waals surface area contributed by atoms with Gasteiger partial charge in [0.25, 0.3) is 5.91 Å². The van der Waals surface area contributed by atoms with Gasteiger partial charge in [0.2, 0.25) is 5.91 Å². The number of anilines is 1. The molecule has 2 amide bonds. The maximum atomic E-state index is 11.9. The summed E-state index contributed by atoms with van der Waals surface area (Å²) in [5.74, 6) is -0.509. The minimum Gasteiger partial charge on any atom is -0.507 e. The topological polar surface area (TPSA) is 78.4 Å². The molecule has 0 fully saturated rings. The first-order valence-electron chi connectivity index (χ1n) is 6.49. The van der Waals surface area contributed by atoms with Crippen molar-refractivity contribution < 1.29 is 14.7 Å². The van der Waals surface area contributed by atoms with Crippen molar-refractivity contribution in [3.05, 3.63) is 59.7 Å². The number of rotatable bonds is 4. The molecule has 3 N–H and O–H groups in total. The molecule has 0 aliphatic heterocycles. The van der Waals surface area contributed by atoms with Crippen LogP contribution in [0.25, 0.3) is 0 Å². The number of amides is 2. The Hall–Kier alpha value is -2.82. The quantitative estimate of drug-likeness (QED) is 0.806. The van der Waals surface area contributed by atoms with Crippen LogP contribution in [-0.2, 0) is 11.3 Å². The summed E-state index contributed by atoms with van der Waals surface area (Å²) in [5.41, 5.74) is 1.85. The fraction of sp³-hybridized carbons (Fsp3) is 0.125. The van der Waals surface area contributed by atoms with Crippen LogP contribution in [0.1, 0.15) is 22.8 Å². The Morgan fingerprint density at radius 1 is 1.05 bits per heavy atom. The normalized spacial score (nSPS) is 9.95. The summed E-state index contributed by atoms with van der Waals surface area (Å²) in [6.45, 7) is 1.79. The highest BCUT2D eigenvalue weighted by Crippen LogP contribution is 2.15. The Bertz CT molecular complexity index is 651. The van der Waals surface area contributed by atoms with Gasteiger partial charge in [0.05, 0.1) is 5.56 Å². The van der Waals surface area contributed by atoms with Crippen LogP contribution in [0.4, 0.5) is 5.69 Å². The summed E-state index contributed by atoms with van der Waals surface area (Å²) in [4.78, 5) is 22.8. The van der Waals surface area contributed by atoms with Crippen molar-refractivity contribution in [2.24, 2.45) is 0 Å². The van der Waals surface area contributed by atoms with Gasteiger partial charge in [-0.2, -0.15) is 0 Å². The van der Waals surface area contributed by atoms with Gasteiger partial charge < -0.3 is 15.7 Å². The average molecular weight is 284 g/mol. The smallest absolute Gasteiger partial charge is 0.255 e. The third-order valence-electron chi connectivity index (χ3n) is 2.88. The highest BCUT2D eigenvalue weighted by molar-refractivity contribution is 5.96. The van der Waals surface area contributed by atoms with E-state index in [-0.39, 0.29) is 23.1 Å². The first kappa shape index (κ1) is 14.6. The molecule has 0 saturated heterocycles. The highest BCUT2D eigenvalue weighted by Gasteiger charge is 2.09. The average Bonchev–Trinajstić information content (AvgIpc) is 2.46. The number of aromatic hydroxyl groups is 1. The van der Waals surface area contributed by atoms with Crippen LogP contribution < -0.4 is 10.6 Å². The van der Waals surface area contributed by atoms with Gasteiger partial charge in [0.15, 0.2) is 0 Å².